The first kappa shape index (κ1) is 21.3. The predicted octanol–water partition coefficient (Wildman–Crippen LogP) is 4.66. The molecule has 32 heavy (non-hydrogen) atoms. The second-order valence-electron chi connectivity index (χ2n) is 7.29. The van der Waals surface area contributed by atoms with Gasteiger partial charge in [0.05, 0.1) is 16.2 Å². The smallest absolute Gasteiger partial charge is 0.282 e. The molecule has 0 aromatic heterocycles. The van der Waals surface area contributed by atoms with Gasteiger partial charge in [0.25, 0.3) is 17.5 Å². The summed E-state index contributed by atoms with van der Waals surface area (Å²) in [5, 5.41) is 11.5. The topological polar surface area (TPSA) is 83.8 Å². The molecule has 0 aliphatic carbocycles. The second kappa shape index (κ2) is 8.64. The van der Waals surface area contributed by atoms with Crippen LogP contribution >= 0.6 is 11.6 Å². The first-order valence-corrected chi connectivity index (χ1v) is 10.1. The van der Waals surface area contributed by atoms with E-state index in [0.29, 0.717) is 22.8 Å². The molecule has 1 heterocycles. The highest BCUT2D eigenvalue weighted by atomic mass is 35.5. The number of carbonyl (C=O) groups is 2. The zero-order chi connectivity index (χ0) is 22.8. The van der Waals surface area contributed by atoms with Crippen molar-refractivity contribution in [2.75, 3.05) is 11.9 Å². The third-order valence-electron chi connectivity index (χ3n) is 5.16. The van der Waals surface area contributed by atoms with Crippen molar-refractivity contribution < 1.29 is 14.5 Å². The van der Waals surface area contributed by atoms with Crippen molar-refractivity contribution in [3.05, 3.63) is 111 Å². The van der Waals surface area contributed by atoms with Crippen molar-refractivity contribution in [2.45, 2.75) is 6.54 Å². The maximum absolute atomic E-state index is 13.5. The average molecular weight is 448 g/mol. The zero-order valence-electron chi connectivity index (χ0n) is 17.1. The second-order valence-corrected chi connectivity index (χ2v) is 7.73. The molecule has 0 atom stereocenters. The van der Waals surface area contributed by atoms with Gasteiger partial charge in [-0.05, 0) is 47.5 Å². The Labute approximate surface area is 189 Å². The predicted molar refractivity (Wildman–Crippen MR) is 122 cm³/mol. The van der Waals surface area contributed by atoms with Gasteiger partial charge in [-0.3, -0.25) is 19.7 Å². The minimum Gasteiger partial charge on any atom is -0.365 e. The molecule has 160 valence electrons. The number of imide groups is 1. The summed E-state index contributed by atoms with van der Waals surface area (Å²) >= 11 is 5.96. The van der Waals surface area contributed by atoms with Gasteiger partial charge in [0.1, 0.15) is 5.70 Å². The number of likely N-dealkylation sites (N-methyl/N-ethyl adjacent to an activating group) is 1. The Kier molecular flexibility index (Phi) is 5.75. The van der Waals surface area contributed by atoms with Crippen LogP contribution in [-0.2, 0) is 16.1 Å². The minimum atomic E-state index is -0.512. The number of hydrogen-bond acceptors (Lipinski definition) is 5. The highest BCUT2D eigenvalue weighted by molar-refractivity contribution is 6.45. The summed E-state index contributed by atoms with van der Waals surface area (Å²) in [6.45, 7) is 0.403. The number of nitrogens with zero attached hydrogens (tertiary/aromatic N) is 3. The van der Waals surface area contributed by atoms with E-state index in [4.69, 9.17) is 11.6 Å². The van der Waals surface area contributed by atoms with E-state index in [1.165, 1.54) is 24.3 Å². The van der Waals surface area contributed by atoms with E-state index in [9.17, 15) is 19.7 Å². The Bertz CT molecular complexity index is 1220. The van der Waals surface area contributed by atoms with Crippen molar-refractivity contribution in [2.24, 2.45) is 0 Å². The zero-order valence-corrected chi connectivity index (χ0v) is 17.8. The van der Waals surface area contributed by atoms with Crippen LogP contribution in [0.4, 0.5) is 11.4 Å². The lowest BCUT2D eigenvalue weighted by molar-refractivity contribution is -0.384. The summed E-state index contributed by atoms with van der Waals surface area (Å²) in [6.07, 6.45) is 0. The van der Waals surface area contributed by atoms with Gasteiger partial charge >= 0.3 is 0 Å². The molecule has 4 rings (SSSR count). The third-order valence-corrected chi connectivity index (χ3v) is 5.41. The Morgan fingerprint density at radius 2 is 1.53 bits per heavy atom. The molecule has 3 aromatic carbocycles. The number of anilines is 1. The van der Waals surface area contributed by atoms with E-state index in [0.717, 1.165) is 10.5 Å². The minimum absolute atomic E-state index is 0.0973. The van der Waals surface area contributed by atoms with Crippen LogP contribution < -0.4 is 4.90 Å². The number of rotatable bonds is 6. The maximum atomic E-state index is 13.5. The van der Waals surface area contributed by atoms with E-state index in [1.807, 2.05) is 30.3 Å². The Morgan fingerprint density at radius 1 is 0.906 bits per heavy atom. The van der Waals surface area contributed by atoms with Gasteiger partial charge < -0.3 is 4.90 Å². The van der Waals surface area contributed by atoms with Crippen LogP contribution in [0.25, 0.3) is 5.57 Å². The normalized spacial score (nSPS) is 13.6. The quantitative estimate of drug-likeness (QED) is 0.311. The van der Waals surface area contributed by atoms with Crippen molar-refractivity contribution in [1.82, 2.24) is 4.90 Å². The summed E-state index contributed by atoms with van der Waals surface area (Å²) in [5.74, 6) is -0.967. The number of hydrogen-bond donors (Lipinski definition) is 0. The molecule has 0 N–H and O–H groups in total. The summed E-state index contributed by atoms with van der Waals surface area (Å²) in [4.78, 5) is 40.2. The number of nitro groups is 1. The fourth-order valence-electron chi connectivity index (χ4n) is 3.64. The van der Waals surface area contributed by atoms with Crippen LogP contribution in [0.5, 0.6) is 0 Å². The monoisotopic (exact) mass is 447 g/mol. The standard InChI is InChI=1S/C24H18ClN3O4/c1-26(15-16-5-3-2-4-6-16)22-21(17-7-11-20(12-8-17)28(31)32)23(29)27(24(22)30)19-13-9-18(25)10-14-19/h2-14H,15H2,1H3. The summed E-state index contributed by atoms with van der Waals surface area (Å²) < 4.78 is 0. The maximum Gasteiger partial charge on any atom is 0.282 e. The van der Waals surface area contributed by atoms with E-state index in [2.05, 4.69) is 0 Å². The number of benzene rings is 3. The number of amides is 2. The van der Waals surface area contributed by atoms with E-state index >= 15 is 0 Å². The molecule has 2 amide bonds. The van der Waals surface area contributed by atoms with Crippen LogP contribution in [-0.4, -0.2) is 28.7 Å². The lowest BCUT2D eigenvalue weighted by Gasteiger charge is -2.21. The number of nitro benzene ring substituents is 1. The molecule has 3 aromatic rings. The van der Waals surface area contributed by atoms with Crippen LogP contribution in [0, 0.1) is 10.1 Å². The van der Waals surface area contributed by atoms with Gasteiger partial charge in [0.15, 0.2) is 0 Å². The molecule has 0 bridgehead atoms. The Balaban J connectivity index is 1.79. The molecule has 0 fully saturated rings. The highest BCUT2D eigenvalue weighted by Crippen LogP contribution is 2.35. The van der Waals surface area contributed by atoms with Crippen LogP contribution in [0.3, 0.4) is 0 Å². The summed E-state index contributed by atoms with van der Waals surface area (Å²) in [6, 6.07) is 21.6. The fraction of sp³-hybridized carbons (Fsp3) is 0.0833. The molecule has 1 aliphatic rings. The molecule has 8 heteroatoms. The first-order chi connectivity index (χ1) is 15.4. The Morgan fingerprint density at radius 3 is 2.12 bits per heavy atom. The summed E-state index contributed by atoms with van der Waals surface area (Å²) in [7, 11) is 1.74. The lowest BCUT2D eigenvalue weighted by Crippen LogP contribution is -2.34. The Hall–Kier alpha value is -3.97. The van der Waals surface area contributed by atoms with Gasteiger partial charge in [-0.1, -0.05) is 41.9 Å². The van der Waals surface area contributed by atoms with E-state index < -0.39 is 16.7 Å². The van der Waals surface area contributed by atoms with Gasteiger partial charge in [-0.15, -0.1) is 0 Å². The van der Waals surface area contributed by atoms with Crippen LogP contribution in [0.1, 0.15) is 11.1 Å². The van der Waals surface area contributed by atoms with Gasteiger partial charge in [-0.2, -0.15) is 0 Å². The average Bonchev–Trinajstić information content (AvgIpc) is 3.05. The van der Waals surface area contributed by atoms with Crippen molar-refractivity contribution >= 4 is 40.4 Å². The molecule has 0 unspecified atom stereocenters. The largest absolute Gasteiger partial charge is 0.365 e. The molecular weight excluding hydrogens is 430 g/mol. The summed E-state index contributed by atoms with van der Waals surface area (Å²) in [5.41, 5.74) is 2.11. The van der Waals surface area contributed by atoms with Crippen molar-refractivity contribution in [1.29, 1.82) is 0 Å². The van der Waals surface area contributed by atoms with Gasteiger partial charge in [0, 0.05) is 30.7 Å². The molecule has 0 saturated carbocycles. The molecule has 0 spiro atoms. The van der Waals surface area contributed by atoms with E-state index in [-0.39, 0.29) is 17.0 Å². The SMILES string of the molecule is CN(Cc1ccccc1)C1=C(c2ccc([N+](=O)[O-])cc2)C(=O)N(c2ccc(Cl)cc2)C1=O. The van der Waals surface area contributed by atoms with Crippen LogP contribution in [0.2, 0.25) is 5.02 Å². The first-order valence-electron chi connectivity index (χ1n) is 9.75. The van der Waals surface area contributed by atoms with Crippen molar-refractivity contribution in [3.63, 3.8) is 0 Å². The third kappa shape index (κ3) is 3.98. The van der Waals surface area contributed by atoms with Gasteiger partial charge in [0.2, 0.25) is 0 Å². The van der Waals surface area contributed by atoms with Gasteiger partial charge in [-0.25, -0.2) is 4.90 Å². The van der Waals surface area contributed by atoms with Crippen molar-refractivity contribution in [3.8, 4) is 0 Å². The molecule has 7 nitrogen and oxygen atoms in total. The van der Waals surface area contributed by atoms with Crippen LogP contribution in [0.15, 0.2) is 84.6 Å². The number of halogens is 1. The number of non-ortho nitro benzene ring substituents is 1. The number of carbonyl (C=O) groups excluding carboxylic acids is 2. The molecule has 1 aliphatic heterocycles. The lowest BCUT2D eigenvalue weighted by atomic mass is 10.0. The molecular formula is C24H18ClN3O4. The fourth-order valence-corrected chi connectivity index (χ4v) is 3.77. The van der Waals surface area contributed by atoms with E-state index in [1.54, 1.807) is 36.2 Å². The highest BCUT2D eigenvalue weighted by Gasteiger charge is 2.41. The molecule has 0 saturated heterocycles. The molecule has 0 radical (unpaired) electrons.